The van der Waals surface area contributed by atoms with Crippen LogP contribution in [0.3, 0.4) is 0 Å². The Morgan fingerprint density at radius 3 is 2.76 bits per heavy atom. The lowest BCUT2D eigenvalue weighted by molar-refractivity contribution is 0.0999. The number of amides is 1. The first-order chi connectivity index (χ1) is 9.99. The number of carbonyl (C=O) groups is 1. The maximum absolute atomic E-state index is 11.3. The Labute approximate surface area is 135 Å². The van der Waals surface area contributed by atoms with Gasteiger partial charge in [-0.1, -0.05) is 6.42 Å². The fourth-order valence-corrected chi connectivity index (χ4v) is 3.38. The first-order valence-electron chi connectivity index (χ1n) is 7.58. The summed E-state index contributed by atoms with van der Waals surface area (Å²) in [4.78, 5) is 13.7. The zero-order valence-electron chi connectivity index (χ0n) is 12.7. The highest BCUT2D eigenvalue weighted by Crippen LogP contribution is 2.26. The van der Waals surface area contributed by atoms with Crippen LogP contribution < -0.4 is 16.0 Å². The number of halogens is 1. The van der Waals surface area contributed by atoms with Crippen molar-refractivity contribution in [2.45, 2.75) is 45.2 Å². The zero-order chi connectivity index (χ0) is 15.4. The van der Waals surface area contributed by atoms with Crippen LogP contribution in [0, 0.1) is 0 Å². The quantitative estimate of drug-likeness (QED) is 0.855. The van der Waals surface area contributed by atoms with Gasteiger partial charge in [0, 0.05) is 28.8 Å². The van der Waals surface area contributed by atoms with E-state index in [4.69, 9.17) is 5.73 Å². The van der Waals surface area contributed by atoms with Crippen LogP contribution in [0.5, 0.6) is 0 Å². The van der Waals surface area contributed by atoms with Gasteiger partial charge in [0.1, 0.15) is 0 Å². The van der Waals surface area contributed by atoms with E-state index in [2.05, 4.69) is 40.0 Å². The smallest absolute Gasteiger partial charge is 0.249 e. The molecular weight excluding hydrogens is 330 g/mol. The molecule has 1 heterocycles. The molecule has 0 saturated carbocycles. The van der Waals surface area contributed by atoms with Crippen LogP contribution in [0.1, 0.15) is 43.5 Å². The Hall–Kier alpha value is -1.07. The minimum atomic E-state index is -0.404. The Kier molecular flexibility index (Phi) is 5.65. The highest BCUT2D eigenvalue weighted by atomic mass is 79.9. The summed E-state index contributed by atoms with van der Waals surface area (Å²) in [5.41, 5.74) is 7.00. The largest absolute Gasteiger partial charge is 0.368 e. The summed E-state index contributed by atoms with van der Waals surface area (Å²) in [5.74, 6) is -0.404. The lowest BCUT2D eigenvalue weighted by Gasteiger charge is -2.35. The van der Waals surface area contributed by atoms with Crippen molar-refractivity contribution in [2.75, 3.05) is 18.0 Å². The summed E-state index contributed by atoms with van der Waals surface area (Å²) in [6.07, 6.45) is 3.80. The van der Waals surface area contributed by atoms with E-state index in [1.807, 2.05) is 12.1 Å². The fraction of sp³-hybridized carbons (Fsp3) is 0.562. The number of anilines is 1. The third-order valence-corrected chi connectivity index (χ3v) is 4.66. The van der Waals surface area contributed by atoms with E-state index < -0.39 is 5.91 Å². The van der Waals surface area contributed by atoms with E-state index in [-0.39, 0.29) is 0 Å². The van der Waals surface area contributed by atoms with E-state index in [9.17, 15) is 4.79 Å². The molecule has 0 bridgehead atoms. The highest BCUT2D eigenvalue weighted by Gasteiger charge is 2.20. The molecule has 21 heavy (non-hydrogen) atoms. The molecular formula is C16H24BrN3O. The minimum absolute atomic E-state index is 0.403. The Morgan fingerprint density at radius 2 is 2.24 bits per heavy atom. The first kappa shape index (κ1) is 16.3. The van der Waals surface area contributed by atoms with Crippen LogP contribution in [0.25, 0.3) is 0 Å². The molecule has 1 unspecified atom stereocenters. The molecule has 1 aromatic rings. The van der Waals surface area contributed by atoms with Crippen LogP contribution in [0.4, 0.5) is 5.69 Å². The summed E-state index contributed by atoms with van der Waals surface area (Å²) in [6, 6.07) is 6.71. The zero-order valence-corrected chi connectivity index (χ0v) is 14.3. The summed E-state index contributed by atoms with van der Waals surface area (Å²) in [6.45, 7) is 6.48. The van der Waals surface area contributed by atoms with Crippen molar-refractivity contribution in [3.8, 4) is 0 Å². The number of piperidine rings is 1. The van der Waals surface area contributed by atoms with Gasteiger partial charge >= 0.3 is 0 Å². The molecule has 1 atom stereocenters. The molecule has 1 aliphatic heterocycles. The molecule has 116 valence electrons. The Balaban J connectivity index is 2.17. The molecule has 1 aliphatic rings. The van der Waals surface area contributed by atoms with Gasteiger partial charge in [0.2, 0.25) is 5.91 Å². The van der Waals surface area contributed by atoms with E-state index in [1.165, 1.54) is 19.3 Å². The number of hydrogen-bond donors (Lipinski definition) is 2. The molecule has 4 nitrogen and oxygen atoms in total. The highest BCUT2D eigenvalue weighted by molar-refractivity contribution is 9.10. The van der Waals surface area contributed by atoms with Gasteiger partial charge in [-0.25, -0.2) is 0 Å². The van der Waals surface area contributed by atoms with Crippen LogP contribution in [-0.2, 0) is 0 Å². The number of nitrogens with one attached hydrogen (secondary N) is 1. The molecule has 1 amide bonds. The number of rotatable bonds is 5. The predicted molar refractivity (Wildman–Crippen MR) is 90.8 cm³/mol. The maximum atomic E-state index is 11.3. The number of nitrogens with zero attached hydrogens (tertiary/aromatic N) is 1. The maximum Gasteiger partial charge on any atom is 0.249 e. The van der Waals surface area contributed by atoms with Gasteiger partial charge in [0.05, 0.1) is 5.56 Å². The molecule has 0 radical (unpaired) electrons. The van der Waals surface area contributed by atoms with Crippen molar-refractivity contribution < 1.29 is 4.79 Å². The van der Waals surface area contributed by atoms with E-state index in [0.29, 0.717) is 17.6 Å². The van der Waals surface area contributed by atoms with Gasteiger partial charge < -0.3 is 16.0 Å². The van der Waals surface area contributed by atoms with Crippen LogP contribution in [0.15, 0.2) is 22.7 Å². The second-order valence-corrected chi connectivity index (χ2v) is 6.78. The lowest BCUT2D eigenvalue weighted by Crippen LogP contribution is -2.46. The van der Waals surface area contributed by atoms with Gasteiger partial charge in [-0.05, 0) is 67.4 Å². The van der Waals surface area contributed by atoms with Crippen molar-refractivity contribution in [1.82, 2.24) is 5.32 Å². The van der Waals surface area contributed by atoms with Gasteiger partial charge in [0.15, 0.2) is 0 Å². The summed E-state index contributed by atoms with van der Waals surface area (Å²) < 4.78 is 0.759. The molecule has 1 aromatic carbocycles. The van der Waals surface area contributed by atoms with E-state index in [0.717, 1.165) is 23.2 Å². The molecule has 1 saturated heterocycles. The molecule has 2 rings (SSSR count). The van der Waals surface area contributed by atoms with Crippen LogP contribution in [-0.4, -0.2) is 31.1 Å². The molecule has 5 heteroatoms. The molecule has 0 spiro atoms. The molecule has 3 N–H and O–H groups in total. The number of hydrogen-bond acceptors (Lipinski definition) is 3. The predicted octanol–water partition coefficient (Wildman–Crippen LogP) is 2.90. The van der Waals surface area contributed by atoms with Gasteiger partial charge in [-0.15, -0.1) is 0 Å². The van der Waals surface area contributed by atoms with Gasteiger partial charge in [-0.2, -0.15) is 0 Å². The standard InChI is InChI=1S/C16H24BrN3O/c1-11(2)20(10-12-5-3-4-8-19-12)13-6-7-14(16(18)21)15(17)9-13/h6-7,9,11-12,19H,3-5,8,10H2,1-2H3,(H2,18,21). The number of primary amides is 1. The van der Waals surface area contributed by atoms with Gasteiger partial charge in [0.25, 0.3) is 0 Å². The van der Waals surface area contributed by atoms with Crippen molar-refractivity contribution in [3.63, 3.8) is 0 Å². The van der Waals surface area contributed by atoms with Crippen LogP contribution in [0.2, 0.25) is 0 Å². The SMILES string of the molecule is CC(C)N(CC1CCCCN1)c1ccc(C(N)=O)c(Br)c1. The third-order valence-electron chi connectivity index (χ3n) is 4.00. The monoisotopic (exact) mass is 353 g/mol. The minimum Gasteiger partial charge on any atom is -0.368 e. The molecule has 0 aromatic heterocycles. The van der Waals surface area contributed by atoms with Crippen molar-refractivity contribution in [2.24, 2.45) is 5.73 Å². The Bertz CT molecular complexity index is 498. The number of carbonyl (C=O) groups excluding carboxylic acids is 1. The Morgan fingerprint density at radius 1 is 1.48 bits per heavy atom. The molecule has 1 fully saturated rings. The summed E-state index contributed by atoms with van der Waals surface area (Å²) >= 11 is 3.45. The normalized spacial score (nSPS) is 18.8. The summed E-state index contributed by atoms with van der Waals surface area (Å²) in [5, 5.41) is 3.59. The van der Waals surface area contributed by atoms with Gasteiger partial charge in [-0.3, -0.25) is 4.79 Å². The third kappa shape index (κ3) is 4.20. The lowest BCUT2D eigenvalue weighted by atomic mass is 10.0. The van der Waals surface area contributed by atoms with Crippen LogP contribution >= 0.6 is 15.9 Å². The van der Waals surface area contributed by atoms with Crippen molar-refractivity contribution in [3.05, 3.63) is 28.2 Å². The van der Waals surface area contributed by atoms with Crippen molar-refractivity contribution in [1.29, 1.82) is 0 Å². The van der Waals surface area contributed by atoms with Crippen molar-refractivity contribution >= 4 is 27.5 Å². The topological polar surface area (TPSA) is 58.4 Å². The molecule has 0 aliphatic carbocycles. The number of nitrogens with two attached hydrogens (primary N) is 1. The number of benzene rings is 1. The van der Waals surface area contributed by atoms with E-state index >= 15 is 0 Å². The second kappa shape index (κ2) is 7.27. The summed E-state index contributed by atoms with van der Waals surface area (Å²) in [7, 11) is 0. The average molecular weight is 354 g/mol. The van der Waals surface area contributed by atoms with E-state index in [1.54, 1.807) is 6.07 Å². The fourth-order valence-electron chi connectivity index (χ4n) is 2.81. The average Bonchev–Trinajstić information content (AvgIpc) is 2.45. The second-order valence-electron chi connectivity index (χ2n) is 5.92. The first-order valence-corrected chi connectivity index (χ1v) is 8.37.